The first-order chi connectivity index (χ1) is 11.0. The van der Waals surface area contributed by atoms with Gasteiger partial charge in [0.25, 0.3) is 0 Å². The molecule has 0 aliphatic heterocycles. The van der Waals surface area contributed by atoms with Crippen molar-refractivity contribution >= 4 is 41.7 Å². The average molecular weight is 472 g/mol. The Morgan fingerprint density at radius 2 is 1.88 bits per heavy atom. The van der Waals surface area contributed by atoms with Crippen LogP contribution in [0.3, 0.4) is 0 Å². The van der Waals surface area contributed by atoms with Crippen LogP contribution in [-0.2, 0) is 0 Å². The zero-order valence-corrected chi connectivity index (χ0v) is 17.8. The quantitative estimate of drug-likeness (QED) is 0.264. The summed E-state index contributed by atoms with van der Waals surface area (Å²) in [6.07, 6.45) is 2.04. The molecular formula is C16H27F2IN4S. The van der Waals surface area contributed by atoms with Crippen molar-refractivity contribution in [3.63, 3.8) is 0 Å². The van der Waals surface area contributed by atoms with Crippen molar-refractivity contribution in [2.75, 3.05) is 45.7 Å². The van der Waals surface area contributed by atoms with Gasteiger partial charge in [-0.3, -0.25) is 4.99 Å². The first-order valence-corrected chi connectivity index (χ1v) is 9.02. The van der Waals surface area contributed by atoms with Gasteiger partial charge in [0.15, 0.2) is 5.96 Å². The van der Waals surface area contributed by atoms with E-state index in [9.17, 15) is 8.78 Å². The van der Waals surface area contributed by atoms with Crippen LogP contribution in [0, 0.1) is 11.6 Å². The minimum absolute atomic E-state index is 0. The molecule has 4 nitrogen and oxygen atoms in total. The lowest BCUT2D eigenvalue weighted by Gasteiger charge is -2.24. The molecule has 0 amide bonds. The first-order valence-electron chi connectivity index (χ1n) is 7.62. The van der Waals surface area contributed by atoms with Gasteiger partial charge >= 0.3 is 0 Å². The predicted molar refractivity (Wildman–Crippen MR) is 111 cm³/mol. The van der Waals surface area contributed by atoms with Crippen molar-refractivity contribution in [1.82, 2.24) is 15.5 Å². The molecule has 0 aromatic heterocycles. The number of aliphatic imine (C=N–C) groups is 1. The molecule has 0 radical (unpaired) electrons. The molecule has 0 heterocycles. The lowest BCUT2D eigenvalue weighted by molar-refractivity contribution is 0.290. The normalized spacial score (nSPS) is 12.7. The fraction of sp³-hybridized carbons (Fsp3) is 0.562. The summed E-state index contributed by atoms with van der Waals surface area (Å²) in [5, 5.41) is 6.35. The number of hydrogen-bond acceptors (Lipinski definition) is 3. The number of halogens is 3. The average Bonchev–Trinajstić information content (AvgIpc) is 2.49. The molecule has 0 saturated heterocycles. The summed E-state index contributed by atoms with van der Waals surface area (Å²) >= 11 is 1.74. The van der Waals surface area contributed by atoms with Crippen LogP contribution in [0.15, 0.2) is 23.2 Å². The molecule has 0 spiro atoms. The van der Waals surface area contributed by atoms with Crippen LogP contribution in [0.4, 0.5) is 8.78 Å². The molecule has 0 bridgehead atoms. The Balaban J connectivity index is 0.00000529. The smallest absolute Gasteiger partial charge is 0.191 e. The number of nitrogens with one attached hydrogen (secondary N) is 2. The second-order valence-corrected chi connectivity index (χ2v) is 6.24. The molecule has 1 rings (SSSR count). The number of likely N-dealkylation sites (N-methyl/N-ethyl adjacent to an activating group) is 1. The number of rotatable bonds is 8. The Bertz CT molecular complexity index is 495. The number of nitrogens with zero attached hydrogens (tertiary/aromatic N) is 2. The van der Waals surface area contributed by atoms with E-state index in [4.69, 9.17) is 0 Å². The van der Waals surface area contributed by atoms with Crippen LogP contribution in [0.25, 0.3) is 0 Å². The SMILES string of the molecule is CCNC(=NCC(c1c(F)cccc1F)N(C)C)NCCSC.I. The largest absolute Gasteiger partial charge is 0.357 e. The molecule has 2 N–H and O–H groups in total. The summed E-state index contributed by atoms with van der Waals surface area (Å²) in [6.45, 7) is 3.75. The Labute approximate surface area is 164 Å². The van der Waals surface area contributed by atoms with E-state index in [0.29, 0.717) is 5.96 Å². The maximum Gasteiger partial charge on any atom is 0.191 e. The van der Waals surface area contributed by atoms with Gasteiger partial charge in [-0.1, -0.05) is 6.07 Å². The van der Waals surface area contributed by atoms with Gasteiger partial charge in [-0.05, 0) is 39.4 Å². The molecule has 8 heteroatoms. The lowest BCUT2D eigenvalue weighted by Crippen LogP contribution is -2.39. The molecule has 1 aromatic carbocycles. The summed E-state index contributed by atoms with van der Waals surface area (Å²) in [7, 11) is 3.58. The number of thioether (sulfide) groups is 1. The molecule has 0 aliphatic rings. The number of benzene rings is 1. The van der Waals surface area contributed by atoms with Gasteiger partial charge in [0, 0.05) is 24.4 Å². The molecular weight excluding hydrogens is 445 g/mol. The predicted octanol–water partition coefficient (Wildman–Crippen LogP) is 3.10. The Morgan fingerprint density at radius 3 is 2.38 bits per heavy atom. The molecule has 24 heavy (non-hydrogen) atoms. The van der Waals surface area contributed by atoms with E-state index < -0.39 is 17.7 Å². The highest BCUT2D eigenvalue weighted by atomic mass is 127. The lowest BCUT2D eigenvalue weighted by atomic mass is 10.0. The van der Waals surface area contributed by atoms with E-state index in [1.807, 2.05) is 13.2 Å². The third kappa shape index (κ3) is 7.52. The number of hydrogen-bond donors (Lipinski definition) is 2. The van der Waals surface area contributed by atoms with E-state index >= 15 is 0 Å². The van der Waals surface area contributed by atoms with Crippen LogP contribution in [-0.4, -0.2) is 56.6 Å². The van der Waals surface area contributed by atoms with Crippen LogP contribution in [0.2, 0.25) is 0 Å². The molecule has 1 atom stereocenters. The molecule has 0 saturated carbocycles. The maximum atomic E-state index is 14.0. The zero-order chi connectivity index (χ0) is 17.2. The summed E-state index contributed by atoms with van der Waals surface area (Å²) in [5.74, 6) is 0.535. The Kier molecular flexibility index (Phi) is 12.4. The second kappa shape index (κ2) is 12.7. The van der Waals surface area contributed by atoms with Gasteiger partial charge in [0.05, 0.1) is 12.6 Å². The van der Waals surface area contributed by atoms with Crippen LogP contribution in [0.1, 0.15) is 18.5 Å². The molecule has 0 aliphatic carbocycles. The summed E-state index contributed by atoms with van der Waals surface area (Å²) < 4.78 is 28.1. The number of guanidine groups is 1. The second-order valence-electron chi connectivity index (χ2n) is 5.25. The van der Waals surface area contributed by atoms with E-state index in [0.717, 1.165) is 18.8 Å². The van der Waals surface area contributed by atoms with Gasteiger partial charge in [0.2, 0.25) is 0 Å². The maximum absolute atomic E-state index is 14.0. The Hall–Kier alpha value is -0.610. The standard InChI is InChI=1S/C16H26F2N4S.HI/c1-5-19-16(20-9-10-23-4)21-11-14(22(2)3)15-12(17)7-6-8-13(15)18;/h6-8,14H,5,9-11H2,1-4H3,(H2,19,20,21);1H. The zero-order valence-electron chi connectivity index (χ0n) is 14.6. The van der Waals surface area contributed by atoms with Crippen LogP contribution in [0.5, 0.6) is 0 Å². The molecule has 0 fully saturated rings. The van der Waals surface area contributed by atoms with E-state index in [1.165, 1.54) is 18.2 Å². The van der Waals surface area contributed by atoms with Gasteiger partial charge in [-0.15, -0.1) is 24.0 Å². The minimum atomic E-state index is -0.542. The summed E-state index contributed by atoms with van der Waals surface area (Å²) in [4.78, 5) is 6.25. The van der Waals surface area contributed by atoms with E-state index in [-0.39, 0.29) is 36.1 Å². The minimum Gasteiger partial charge on any atom is -0.357 e. The van der Waals surface area contributed by atoms with E-state index in [2.05, 4.69) is 15.6 Å². The van der Waals surface area contributed by atoms with Gasteiger partial charge in [-0.25, -0.2) is 8.78 Å². The van der Waals surface area contributed by atoms with Crippen molar-refractivity contribution in [3.05, 3.63) is 35.4 Å². The third-order valence-corrected chi connectivity index (χ3v) is 3.93. The van der Waals surface area contributed by atoms with Crippen LogP contribution >= 0.6 is 35.7 Å². The molecule has 138 valence electrons. The van der Waals surface area contributed by atoms with Gasteiger partial charge in [-0.2, -0.15) is 11.8 Å². The topological polar surface area (TPSA) is 39.7 Å². The van der Waals surface area contributed by atoms with Crippen molar-refractivity contribution in [3.8, 4) is 0 Å². The summed E-state index contributed by atoms with van der Waals surface area (Å²) in [5.41, 5.74) is 0.0567. The molecule has 1 unspecified atom stereocenters. The fourth-order valence-electron chi connectivity index (χ4n) is 2.13. The highest BCUT2D eigenvalue weighted by Gasteiger charge is 2.22. The van der Waals surface area contributed by atoms with Gasteiger partial charge in [0.1, 0.15) is 11.6 Å². The van der Waals surface area contributed by atoms with Crippen LogP contribution < -0.4 is 10.6 Å². The van der Waals surface area contributed by atoms with Crippen molar-refractivity contribution in [2.24, 2.45) is 4.99 Å². The highest BCUT2D eigenvalue weighted by molar-refractivity contribution is 14.0. The third-order valence-electron chi connectivity index (χ3n) is 3.32. The monoisotopic (exact) mass is 472 g/mol. The van der Waals surface area contributed by atoms with Gasteiger partial charge < -0.3 is 15.5 Å². The van der Waals surface area contributed by atoms with Crippen molar-refractivity contribution < 1.29 is 8.78 Å². The first kappa shape index (κ1) is 23.4. The molecule has 1 aromatic rings. The van der Waals surface area contributed by atoms with Crippen molar-refractivity contribution in [2.45, 2.75) is 13.0 Å². The van der Waals surface area contributed by atoms with E-state index in [1.54, 1.807) is 30.8 Å². The Morgan fingerprint density at radius 1 is 1.25 bits per heavy atom. The van der Waals surface area contributed by atoms with Crippen molar-refractivity contribution in [1.29, 1.82) is 0 Å². The fourth-order valence-corrected chi connectivity index (χ4v) is 2.44. The summed E-state index contributed by atoms with van der Waals surface area (Å²) in [6, 6.07) is 3.46. The highest BCUT2D eigenvalue weighted by Crippen LogP contribution is 2.24.